The number of rotatable bonds is 45. The van der Waals surface area contributed by atoms with Crippen LogP contribution < -0.4 is 36.8 Å². The number of carboxylic acids is 5. The highest BCUT2D eigenvalue weighted by Gasteiger charge is 2.41. The normalized spacial score (nSPS) is 15.1. The molecule has 1 aliphatic rings. The fraction of sp³-hybridized carbons (Fsp3) is 0.500. The maximum absolute atomic E-state index is 14.0. The number of nitrogens with one attached hydrogen (secondary N) is 6. The van der Waals surface area contributed by atoms with Gasteiger partial charge in [-0.2, -0.15) is 16.8 Å². The average molecular weight is 1440 g/mol. The Labute approximate surface area is 579 Å². The van der Waals surface area contributed by atoms with Crippen molar-refractivity contribution >= 4 is 103 Å². The molecule has 32 nitrogen and oxygen atoms in total. The summed E-state index contributed by atoms with van der Waals surface area (Å²) in [5, 5.41) is 61.3. The number of benzene rings is 2. The zero-order valence-corrected chi connectivity index (χ0v) is 58.2. The first-order chi connectivity index (χ1) is 46.7. The molecule has 100 heavy (non-hydrogen) atoms. The highest BCUT2D eigenvalue weighted by molar-refractivity contribution is 7.86. The number of carbonyl (C=O) groups excluding carboxylic acids is 7. The second kappa shape index (κ2) is 39.9. The molecule has 0 fully saturated rings. The number of ketones is 1. The van der Waals surface area contributed by atoms with E-state index in [2.05, 4.69) is 36.9 Å². The van der Waals surface area contributed by atoms with Crippen molar-refractivity contribution in [3.63, 3.8) is 0 Å². The molecule has 0 bridgehead atoms. The zero-order chi connectivity index (χ0) is 75.3. The number of unbranched alkanes of at least 4 members (excludes halogenated alkanes) is 2. The largest absolute Gasteiger partial charge is 0.481 e. The molecule has 1 aliphatic heterocycles. The number of fused-ring (bicyclic) bond motifs is 1. The number of amides is 6. The molecule has 13 N–H and O–H groups in total. The van der Waals surface area contributed by atoms with Gasteiger partial charge in [-0.25, -0.2) is 0 Å². The van der Waals surface area contributed by atoms with E-state index in [1.54, 1.807) is 48.6 Å². The van der Waals surface area contributed by atoms with Crippen LogP contribution in [0, 0.1) is 6.92 Å². The SMILES string of the molecule is CC\N=C(/C=C/C=C/C=C/C=C1/N(CCCCCC(=O)N[C@H](CCC(=O)O)C(=O)N[C@H](CCC(=O)O)C(=O)N[C@H](CCC(=O)O)C(=O)N[C@H](CCC(=O)O)C(=O)N[C@H](CCC(=O)O)C(=O)NCCOCC(C)=O)c2ccc(S(=O)(=O)O)cc2C1(C)C)C(C)(C)c1cc(S(=O)(=O)O)ccc1C. The molecule has 0 saturated carbocycles. The number of aliphatic imine (C=N–C) groups is 1. The Morgan fingerprint density at radius 1 is 0.580 bits per heavy atom. The van der Waals surface area contributed by atoms with Crippen molar-refractivity contribution in [3.8, 4) is 0 Å². The lowest BCUT2D eigenvalue weighted by Crippen LogP contribution is -2.59. The lowest BCUT2D eigenvalue weighted by Gasteiger charge is -2.28. The Hall–Kier alpha value is -9.51. The van der Waals surface area contributed by atoms with Gasteiger partial charge in [0, 0.05) is 86.1 Å². The van der Waals surface area contributed by atoms with Crippen molar-refractivity contribution in [2.24, 2.45) is 4.99 Å². The van der Waals surface area contributed by atoms with Gasteiger partial charge in [-0.05, 0) is 125 Å². The lowest BCUT2D eigenvalue weighted by atomic mass is 9.77. The fourth-order valence-corrected chi connectivity index (χ4v) is 11.6. The molecule has 5 atom stereocenters. The summed E-state index contributed by atoms with van der Waals surface area (Å²) >= 11 is 0. The number of ether oxygens (including phenoxy) is 1. The molecule has 34 heteroatoms. The molecule has 0 saturated heterocycles. The van der Waals surface area contributed by atoms with Crippen LogP contribution in [0.1, 0.15) is 148 Å². The summed E-state index contributed by atoms with van der Waals surface area (Å²) in [5.41, 5.74) is 2.42. The van der Waals surface area contributed by atoms with Crippen molar-refractivity contribution in [2.75, 3.05) is 37.7 Å². The molecule has 6 amide bonds. The minimum absolute atomic E-state index is 0.168. The third-order valence-electron chi connectivity index (χ3n) is 15.8. The lowest BCUT2D eigenvalue weighted by molar-refractivity contribution is -0.141. The van der Waals surface area contributed by atoms with Crippen LogP contribution in [0.4, 0.5) is 5.69 Å². The molecule has 0 aliphatic carbocycles. The second-order valence-electron chi connectivity index (χ2n) is 24.4. The van der Waals surface area contributed by atoms with E-state index in [1.165, 1.54) is 31.2 Å². The predicted molar refractivity (Wildman–Crippen MR) is 361 cm³/mol. The molecule has 3 rings (SSSR count). The van der Waals surface area contributed by atoms with Gasteiger partial charge in [0.15, 0.2) is 5.78 Å². The third kappa shape index (κ3) is 28.4. The number of nitrogens with zero attached hydrogens (tertiary/aromatic N) is 2. The summed E-state index contributed by atoms with van der Waals surface area (Å²) < 4.78 is 73.4. The monoisotopic (exact) mass is 1440 g/mol. The quantitative estimate of drug-likeness (QED) is 0.0195. The van der Waals surface area contributed by atoms with Crippen LogP contribution in [-0.4, -0.2) is 191 Å². The van der Waals surface area contributed by atoms with E-state index in [-0.39, 0.29) is 48.2 Å². The van der Waals surface area contributed by atoms with E-state index in [0.717, 1.165) is 11.3 Å². The summed E-state index contributed by atoms with van der Waals surface area (Å²) in [6, 6.07) is -0.347. The van der Waals surface area contributed by atoms with Crippen molar-refractivity contribution in [3.05, 3.63) is 101 Å². The second-order valence-corrected chi connectivity index (χ2v) is 27.3. The van der Waals surface area contributed by atoms with Gasteiger partial charge in [-0.3, -0.25) is 71.6 Å². The summed E-state index contributed by atoms with van der Waals surface area (Å²) in [6.07, 6.45) is 6.21. The molecule has 0 unspecified atom stereocenters. The minimum atomic E-state index is -4.61. The van der Waals surface area contributed by atoms with E-state index < -0.39 is 191 Å². The van der Waals surface area contributed by atoms with Crippen LogP contribution in [0.5, 0.6) is 0 Å². The summed E-state index contributed by atoms with van der Waals surface area (Å²) in [4.78, 5) is 158. The number of Topliss-reactive ketones (excluding diaryl/α,β-unsaturated/α-hetero) is 1. The van der Waals surface area contributed by atoms with Gasteiger partial charge in [0.05, 0.1) is 16.4 Å². The Morgan fingerprint density at radius 2 is 1.01 bits per heavy atom. The van der Waals surface area contributed by atoms with E-state index in [4.69, 9.17) is 4.74 Å². The molecule has 1 heterocycles. The number of carbonyl (C=O) groups is 12. The number of aliphatic carboxylic acids is 5. The van der Waals surface area contributed by atoms with Crippen molar-refractivity contribution in [1.82, 2.24) is 31.9 Å². The van der Waals surface area contributed by atoms with Crippen LogP contribution in [-0.2, 0) is 93.3 Å². The number of carboxylic acid groups (broad SMARTS) is 5. The number of anilines is 1. The Balaban J connectivity index is 1.83. The summed E-state index contributed by atoms with van der Waals surface area (Å²) in [6.45, 7) is 12.5. The number of allylic oxidation sites excluding steroid dienone is 8. The topological polar surface area (TPSA) is 512 Å². The Kier molecular flexibility index (Phi) is 33.8. The summed E-state index contributed by atoms with van der Waals surface area (Å²) in [5.74, 6) is -14.2. The molecule has 550 valence electrons. The van der Waals surface area contributed by atoms with Gasteiger partial charge in [0.2, 0.25) is 35.4 Å². The molecule has 2 aromatic carbocycles. The maximum Gasteiger partial charge on any atom is 0.303 e. The van der Waals surface area contributed by atoms with E-state index in [9.17, 15) is 109 Å². The Morgan fingerprint density at radius 3 is 1.46 bits per heavy atom. The number of aryl methyl sites for hydroxylation is 1. The van der Waals surface area contributed by atoms with Gasteiger partial charge in [-0.15, -0.1) is 0 Å². The highest BCUT2D eigenvalue weighted by atomic mass is 32.2. The van der Waals surface area contributed by atoms with Crippen molar-refractivity contribution in [1.29, 1.82) is 0 Å². The van der Waals surface area contributed by atoms with Crippen molar-refractivity contribution < 1.29 is 114 Å². The number of hydrogen-bond acceptors (Lipinski definition) is 19. The molecule has 2 aromatic rings. The average Bonchev–Trinajstić information content (AvgIpc) is 1.58. The highest BCUT2D eigenvalue weighted by Crippen LogP contribution is 2.48. The van der Waals surface area contributed by atoms with E-state index >= 15 is 0 Å². The van der Waals surface area contributed by atoms with Crippen LogP contribution in [0.25, 0.3) is 0 Å². The zero-order valence-electron chi connectivity index (χ0n) is 56.6. The molecule has 0 aromatic heterocycles. The minimum Gasteiger partial charge on any atom is -0.481 e. The van der Waals surface area contributed by atoms with Crippen LogP contribution >= 0.6 is 0 Å². The first-order valence-electron chi connectivity index (χ1n) is 31.9. The molecule has 0 spiro atoms. The van der Waals surface area contributed by atoms with Gasteiger partial charge in [-0.1, -0.05) is 70.6 Å². The van der Waals surface area contributed by atoms with Gasteiger partial charge < -0.3 is 67.1 Å². The summed E-state index contributed by atoms with van der Waals surface area (Å²) in [7, 11) is -9.08. The van der Waals surface area contributed by atoms with Crippen LogP contribution in [0.3, 0.4) is 0 Å². The van der Waals surface area contributed by atoms with Gasteiger partial charge >= 0.3 is 29.8 Å². The van der Waals surface area contributed by atoms with Gasteiger partial charge in [0.25, 0.3) is 20.2 Å². The predicted octanol–water partition coefficient (Wildman–Crippen LogP) is 3.61. The first kappa shape index (κ1) is 84.7. The fourth-order valence-electron chi connectivity index (χ4n) is 10.6. The Bertz CT molecular complexity index is 3730. The molecular weight excluding hydrogens is 1350 g/mol. The van der Waals surface area contributed by atoms with Crippen molar-refractivity contribution in [2.45, 2.75) is 189 Å². The third-order valence-corrected chi connectivity index (χ3v) is 17.5. The smallest absolute Gasteiger partial charge is 0.303 e. The molecule has 0 radical (unpaired) electrons. The standard InChI is InChI=1S/C66H90N8O24S2/c1-8-67-52(65(4,5)44-37-42(99(92,93)94)21-20-40(44)2)17-13-10-9-11-14-18-53-66(6,7)45-38-43(100(95,96)97)22-28-51(45)74(53)35-16-12-15-19-54(76)69-47(24-30-56(79)80)61(88)71-49(26-32-58(83)84)63(90)73-50(27-33-59(85)86)64(91)72-48(25-31-57(81)82)62(89)70-46(23-29-55(77)78)60(87)68-34-36-98-39-41(3)75/h9-11,13-14,17-18,20-22,28,37-38,46-50H,8,12,15-16,19,23-27,29-36,39H2,1-7H3,(H,68,87)(H,69,76)(H,70,89)(H,71,88)(H,72,91)(H,73,90)(H,77,78)(H,79,80)(H,81,82)(H,83,84)(H,85,86)(H,92,93,94)(H,95,96,97)/b10-9+,14-11+,17-13+,53-18+,67-52+/t46-,47-,48-,49-,50-/m1/s1. The van der Waals surface area contributed by atoms with E-state index in [0.29, 0.717) is 48.5 Å². The van der Waals surface area contributed by atoms with E-state index in [1.807, 2.05) is 52.5 Å². The number of hydrogen-bond donors (Lipinski definition) is 13. The van der Waals surface area contributed by atoms with Gasteiger partial charge in [0.1, 0.15) is 36.8 Å². The van der Waals surface area contributed by atoms with Crippen LogP contribution in [0.2, 0.25) is 0 Å². The molecular formula is C66H90N8O24S2. The van der Waals surface area contributed by atoms with Crippen LogP contribution in [0.15, 0.2) is 99.4 Å². The maximum atomic E-state index is 14.0. The first-order valence-corrected chi connectivity index (χ1v) is 34.8.